The fourth-order valence-corrected chi connectivity index (χ4v) is 3.89. The van der Waals surface area contributed by atoms with Crippen molar-refractivity contribution < 1.29 is 18.8 Å². The molecule has 2 aliphatic heterocycles. The molecule has 1 N–H and O–H groups in total. The summed E-state index contributed by atoms with van der Waals surface area (Å²) in [5.41, 5.74) is 0.482. The van der Waals surface area contributed by atoms with Crippen LogP contribution in [0, 0.1) is 5.82 Å². The maximum Gasteiger partial charge on any atom is 0.350 e. The van der Waals surface area contributed by atoms with Crippen molar-refractivity contribution in [1.82, 2.24) is 10.2 Å². The molecule has 6 nitrogen and oxygen atoms in total. The third kappa shape index (κ3) is 4.29. The maximum atomic E-state index is 12.8. The van der Waals surface area contributed by atoms with Crippen molar-refractivity contribution in [2.75, 3.05) is 18.8 Å². The first-order valence-corrected chi connectivity index (χ1v) is 9.38. The quantitative estimate of drug-likeness (QED) is 0.766. The van der Waals surface area contributed by atoms with Crippen molar-refractivity contribution in [3.05, 3.63) is 41.6 Å². The molecule has 0 aromatic heterocycles. The van der Waals surface area contributed by atoms with Gasteiger partial charge in [0.25, 0.3) is 0 Å². The van der Waals surface area contributed by atoms with Gasteiger partial charge in [0.1, 0.15) is 11.1 Å². The first-order chi connectivity index (χ1) is 12.0. The van der Waals surface area contributed by atoms with E-state index in [-0.39, 0.29) is 36.5 Å². The fourth-order valence-electron chi connectivity index (χ4n) is 2.28. The van der Waals surface area contributed by atoms with Crippen molar-refractivity contribution in [1.29, 1.82) is 0 Å². The number of fused-ring (bicyclic) bond motifs is 1. The predicted octanol–water partition coefficient (Wildman–Crippen LogP) is 2.07. The second-order valence-electron chi connectivity index (χ2n) is 5.22. The Kier molecular flexibility index (Phi) is 5.54. The van der Waals surface area contributed by atoms with Crippen molar-refractivity contribution in [3.63, 3.8) is 0 Å². The van der Waals surface area contributed by atoms with E-state index in [0.29, 0.717) is 5.71 Å². The standard InChI is InChI=1S/C16H14FN3O3S2/c17-10-1-3-11(4-2-10)25-9-13(21)18-6-7-20-15(22)14-12(5-8-24-14)19-16(20)23/h1-5,8,14H,6-7,9H2,(H,18,21). The van der Waals surface area contributed by atoms with E-state index in [1.54, 1.807) is 23.6 Å². The lowest BCUT2D eigenvalue weighted by molar-refractivity contribution is -0.127. The minimum atomic E-state index is -0.599. The smallest absolute Gasteiger partial charge is 0.350 e. The number of urea groups is 1. The Balaban J connectivity index is 1.43. The lowest BCUT2D eigenvalue weighted by Gasteiger charge is -2.25. The van der Waals surface area contributed by atoms with E-state index < -0.39 is 11.3 Å². The molecule has 130 valence electrons. The highest BCUT2D eigenvalue weighted by atomic mass is 32.2. The lowest BCUT2D eigenvalue weighted by atomic mass is 10.2. The van der Waals surface area contributed by atoms with E-state index in [0.717, 1.165) is 9.80 Å². The number of thioether (sulfide) groups is 2. The number of allylic oxidation sites excluding steroid dienone is 1. The van der Waals surface area contributed by atoms with E-state index in [1.807, 2.05) is 0 Å². The predicted molar refractivity (Wildman–Crippen MR) is 95.2 cm³/mol. The fraction of sp³-hybridized carbons (Fsp3) is 0.250. The Hall–Kier alpha value is -2.13. The number of rotatable bonds is 6. The topological polar surface area (TPSA) is 78.8 Å². The van der Waals surface area contributed by atoms with Crippen LogP contribution in [0.2, 0.25) is 0 Å². The molecule has 0 bridgehead atoms. The molecule has 3 rings (SSSR count). The van der Waals surface area contributed by atoms with Crippen LogP contribution in [0.25, 0.3) is 0 Å². The minimum absolute atomic E-state index is 0.0818. The maximum absolute atomic E-state index is 12.8. The summed E-state index contributed by atoms with van der Waals surface area (Å²) in [6.45, 7) is 0.244. The molecule has 2 aliphatic rings. The van der Waals surface area contributed by atoms with Gasteiger partial charge in [-0.25, -0.2) is 9.18 Å². The van der Waals surface area contributed by atoms with Gasteiger partial charge in [0, 0.05) is 18.0 Å². The molecule has 2 heterocycles. The molecule has 1 atom stereocenters. The van der Waals surface area contributed by atoms with E-state index in [4.69, 9.17) is 0 Å². The molecular formula is C16H14FN3O3S2. The van der Waals surface area contributed by atoms with Gasteiger partial charge in [0.2, 0.25) is 11.8 Å². The molecular weight excluding hydrogens is 365 g/mol. The van der Waals surface area contributed by atoms with Crippen LogP contribution in [0.4, 0.5) is 9.18 Å². The molecule has 4 amide bonds. The molecule has 0 radical (unpaired) electrons. The number of amides is 4. The van der Waals surface area contributed by atoms with Crippen molar-refractivity contribution in [2.24, 2.45) is 4.99 Å². The van der Waals surface area contributed by atoms with Crippen LogP contribution in [0.15, 0.2) is 45.6 Å². The van der Waals surface area contributed by atoms with Crippen LogP contribution in [0.5, 0.6) is 0 Å². The van der Waals surface area contributed by atoms with Crippen LogP contribution < -0.4 is 5.32 Å². The monoisotopic (exact) mass is 379 g/mol. The van der Waals surface area contributed by atoms with Gasteiger partial charge in [-0.1, -0.05) is 0 Å². The summed E-state index contributed by atoms with van der Waals surface area (Å²) in [5, 5.41) is 3.95. The SMILES string of the molecule is O=C(CSc1ccc(F)cc1)NCCN1C(=O)N=C2C=CSC2C1=O. The van der Waals surface area contributed by atoms with Crippen molar-refractivity contribution >= 4 is 47.1 Å². The summed E-state index contributed by atoms with van der Waals surface area (Å²) in [5.74, 6) is -0.698. The number of hydrogen-bond acceptors (Lipinski definition) is 5. The highest BCUT2D eigenvalue weighted by Gasteiger charge is 2.38. The van der Waals surface area contributed by atoms with Crippen LogP contribution in [-0.2, 0) is 9.59 Å². The Labute approximate surface area is 151 Å². The Morgan fingerprint density at radius 1 is 1.32 bits per heavy atom. The molecule has 0 saturated carbocycles. The van der Waals surface area contributed by atoms with Gasteiger partial charge in [-0.3, -0.25) is 14.5 Å². The Bertz CT molecular complexity index is 764. The molecule has 0 saturated heterocycles. The normalized spacial score (nSPS) is 19.0. The first kappa shape index (κ1) is 17.7. The minimum Gasteiger partial charge on any atom is -0.354 e. The number of nitrogens with zero attached hydrogens (tertiary/aromatic N) is 2. The largest absolute Gasteiger partial charge is 0.354 e. The molecule has 1 aromatic rings. The number of hydrogen-bond donors (Lipinski definition) is 1. The number of nitrogens with one attached hydrogen (secondary N) is 1. The van der Waals surface area contributed by atoms with E-state index in [1.165, 1.54) is 35.7 Å². The first-order valence-electron chi connectivity index (χ1n) is 7.45. The summed E-state index contributed by atoms with van der Waals surface area (Å²) in [6, 6.07) is 5.26. The Morgan fingerprint density at radius 3 is 2.84 bits per heavy atom. The summed E-state index contributed by atoms with van der Waals surface area (Å²) in [4.78, 5) is 41.7. The molecule has 1 aromatic carbocycles. The zero-order valence-electron chi connectivity index (χ0n) is 13.0. The second-order valence-corrected chi connectivity index (χ2v) is 7.29. The summed E-state index contributed by atoms with van der Waals surface area (Å²) in [7, 11) is 0. The highest BCUT2D eigenvalue weighted by Crippen LogP contribution is 2.27. The summed E-state index contributed by atoms with van der Waals surface area (Å²) < 4.78 is 12.8. The van der Waals surface area contributed by atoms with E-state index in [9.17, 15) is 18.8 Å². The summed E-state index contributed by atoms with van der Waals surface area (Å²) >= 11 is 2.59. The van der Waals surface area contributed by atoms with Gasteiger partial charge in [-0.15, -0.1) is 23.5 Å². The van der Waals surface area contributed by atoms with Gasteiger partial charge in [-0.2, -0.15) is 4.99 Å². The van der Waals surface area contributed by atoms with Gasteiger partial charge in [0.05, 0.1) is 11.5 Å². The van der Waals surface area contributed by atoms with Crippen LogP contribution >= 0.6 is 23.5 Å². The number of aliphatic imine (C=N–C) groups is 1. The van der Waals surface area contributed by atoms with E-state index >= 15 is 0 Å². The van der Waals surface area contributed by atoms with Crippen molar-refractivity contribution in [2.45, 2.75) is 10.1 Å². The average Bonchev–Trinajstić information content (AvgIpc) is 3.06. The number of benzene rings is 1. The zero-order chi connectivity index (χ0) is 17.8. The molecule has 1 unspecified atom stereocenters. The molecule has 25 heavy (non-hydrogen) atoms. The number of imide groups is 1. The third-order valence-corrected chi connectivity index (χ3v) is 5.53. The molecule has 0 fully saturated rings. The van der Waals surface area contributed by atoms with E-state index in [2.05, 4.69) is 10.3 Å². The van der Waals surface area contributed by atoms with Crippen LogP contribution in [0.1, 0.15) is 0 Å². The Morgan fingerprint density at radius 2 is 2.08 bits per heavy atom. The van der Waals surface area contributed by atoms with Gasteiger partial charge < -0.3 is 5.32 Å². The zero-order valence-corrected chi connectivity index (χ0v) is 14.6. The number of carbonyl (C=O) groups excluding carboxylic acids is 3. The van der Waals surface area contributed by atoms with Gasteiger partial charge in [0.15, 0.2) is 0 Å². The molecule has 9 heteroatoms. The average molecular weight is 379 g/mol. The number of carbonyl (C=O) groups is 3. The lowest BCUT2D eigenvalue weighted by Crippen LogP contribution is -2.49. The number of halogens is 1. The van der Waals surface area contributed by atoms with Crippen LogP contribution in [0.3, 0.4) is 0 Å². The molecule has 0 aliphatic carbocycles. The highest BCUT2D eigenvalue weighted by molar-refractivity contribution is 8.04. The molecule has 0 spiro atoms. The van der Waals surface area contributed by atoms with Crippen molar-refractivity contribution in [3.8, 4) is 0 Å². The second kappa shape index (κ2) is 7.83. The third-order valence-electron chi connectivity index (χ3n) is 3.51. The summed E-state index contributed by atoms with van der Waals surface area (Å²) in [6.07, 6.45) is 1.66. The van der Waals surface area contributed by atoms with Gasteiger partial charge >= 0.3 is 6.03 Å². The van der Waals surface area contributed by atoms with Gasteiger partial charge in [-0.05, 0) is 35.7 Å². The van der Waals surface area contributed by atoms with Crippen LogP contribution in [-0.4, -0.2) is 52.5 Å².